The van der Waals surface area contributed by atoms with Crippen LogP contribution in [0.3, 0.4) is 0 Å². The van der Waals surface area contributed by atoms with Crippen molar-refractivity contribution in [1.82, 2.24) is 4.98 Å². The van der Waals surface area contributed by atoms with Gasteiger partial charge in [0.2, 0.25) is 0 Å². The lowest BCUT2D eigenvalue weighted by molar-refractivity contribution is 0.308. The number of benzene rings is 1. The molecule has 1 aromatic heterocycles. The Labute approximate surface area is 170 Å². The van der Waals surface area contributed by atoms with E-state index in [0.717, 1.165) is 48.3 Å². The van der Waals surface area contributed by atoms with Gasteiger partial charge in [-0.3, -0.25) is 0 Å². The maximum atomic E-state index is 5.64. The van der Waals surface area contributed by atoms with Crippen LogP contribution in [0, 0.1) is 17.8 Å². The van der Waals surface area contributed by atoms with Gasteiger partial charge in [0.1, 0.15) is 11.4 Å². The molecule has 0 atom stereocenters. The van der Waals surface area contributed by atoms with Crippen molar-refractivity contribution >= 4 is 0 Å². The Morgan fingerprint density at radius 3 is 2.36 bits per heavy atom. The van der Waals surface area contributed by atoms with Gasteiger partial charge in [-0.05, 0) is 79.7 Å². The van der Waals surface area contributed by atoms with Crippen LogP contribution in [-0.2, 0) is 0 Å². The van der Waals surface area contributed by atoms with Gasteiger partial charge in [-0.15, -0.1) is 0 Å². The highest BCUT2D eigenvalue weighted by molar-refractivity contribution is 5.42. The molecule has 3 rings (SSSR count). The van der Waals surface area contributed by atoms with E-state index in [1.807, 2.05) is 12.1 Å². The molecule has 1 fully saturated rings. The van der Waals surface area contributed by atoms with E-state index in [1.165, 1.54) is 44.1 Å². The maximum Gasteiger partial charge on any atom is 0.137 e. The van der Waals surface area contributed by atoms with E-state index >= 15 is 0 Å². The third-order valence-corrected chi connectivity index (χ3v) is 5.76. The smallest absolute Gasteiger partial charge is 0.137 e. The Balaban J connectivity index is 1.53. The minimum atomic E-state index is 0.733. The SMILES string of the molecule is CCCCOc1ccc(C#Cc2ccc(C3CCC(CCC)CC3)cc2)nc1. The van der Waals surface area contributed by atoms with Gasteiger partial charge >= 0.3 is 0 Å². The van der Waals surface area contributed by atoms with Crippen molar-refractivity contribution in [2.75, 3.05) is 6.61 Å². The molecule has 0 amide bonds. The van der Waals surface area contributed by atoms with Crippen molar-refractivity contribution in [2.24, 2.45) is 5.92 Å². The number of unbranched alkanes of at least 4 members (excludes halogenated alkanes) is 1. The zero-order valence-electron chi connectivity index (χ0n) is 17.4. The molecule has 148 valence electrons. The van der Waals surface area contributed by atoms with Crippen LogP contribution in [0.25, 0.3) is 0 Å². The third-order valence-electron chi connectivity index (χ3n) is 5.76. The normalized spacial score (nSPS) is 18.9. The van der Waals surface area contributed by atoms with Gasteiger partial charge in [0.05, 0.1) is 12.8 Å². The zero-order valence-corrected chi connectivity index (χ0v) is 17.4. The topological polar surface area (TPSA) is 22.1 Å². The Bertz CT molecular complexity index is 759. The minimum Gasteiger partial charge on any atom is -0.492 e. The first-order chi connectivity index (χ1) is 13.8. The summed E-state index contributed by atoms with van der Waals surface area (Å²) in [6.45, 7) is 5.21. The van der Waals surface area contributed by atoms with E-state index in [1.54, 1.807) is 6.20 Å². The van der Waals surface area contributed by atoms with E-state index in [-0.39, 0.29) is 0 Å². The summed E-state index contributed by atoms with van der Waals surface area (Å²) in [4.78, 5) is 4.39. The second kappa shape index (κ2) is 10.9. The summed E-state index contributed by atoms with van der Waals surface area (Å²) in [5, 5.41) is 0. The van der Waals surface area contributed by atoms with Crippen molar-refractivity contribution in [3.63, 3.8) is 0 Å². The second-order valence-electron chi connectivity index (χ2n) is 7.96. The highest BCUT2D eigenvalue weighted by Gasteiger charge is 2.21. The number of pyridine rings is 1. The molecule has 1 aromatic carbocycles. The first-order valence-corrected chi connectivity index (χ1v) is 11.0. The summed E-state index contributed by atoms with van der Waals surface area (Å²) in [5.74, 6) is 8.90. The first kappa shape index (κ1) is 20.5. The molecule has 0 aliphatic heterocycles. The van der Waals surface area contributed by atoms with E-state index in [9.17, 15) is 0 Å². The van der Waals surface area contributed by atoms with Crippen molar-refractivity contribution in [1.29, 1.82) is 0 Å². The van der Waals surface area contributed by atoms with Crippen LogP contribution in [0.15, 0.2) is 42.6 Å². The highest BCUT2D eigenvalue weighted by atomic mass is 16.5. The van der Waals surface area contributed by atoms with Crippen LogP contribution in [0.5, 0.6) is 5.75 Å². The quantitative estimate of drug-likeness (QED) is 0.395. The van der Waals surface area contributed by atoms with Gasteiger partial charge in [0, 0.05) is 5.56 Å². The number of hydrogen-bond acceptors (Lipinski definition) is 2. The summed E-state index contributed by atoms with van der Waals surface area (Å²) in [6, 6.07) is 12.7. The summed E-state index contributed by atoms with van der Waals surface area (Å²) in [7, 11) is 0. The van der Waals surface area contributed by atoms with Crippen LogP contribution in [-0.4, -0.2) is 11.6 Å². The molecule has 0 N–H and O–H groups in total. The van der Waals surface area contributed by atoms with Gasteiger partial charge in [-0.25, -0.2) is 4.98 Å². The van der Waals surface area contributed by atoms with Crippen LogP contribution in [0.2, 0.25) is 0 Å². The molecule has 0 unspecified atom stereocenters. The minimum absolute atomic E-state index is 0.733. The lowest BCUT2D eigenvalue weighted by Gasteiger charge is -2.28. The molecule has 1 heterocycles. The summed E-state index contributed by atoms with van der Waals surface area (Å²) >= 11 is 0. The maximum absolute atomic E-state index is 5.64. The fourth-order valence-electron chi connectivity index (χ4n) is 4.04. The van der Waals surface area contributed by atoms with E-state index in [4.69, 9.17) is 4.74 Å². The molecule has 0 saturated heterocycles. The summed E-state index contributed by atoms with van der Waals surface area (Å²) in [5.41, 5.74) is 3.31. The zero-order chi connectivity index (χ0) is 19.6. The van der Waals surface area contributed by atoms with E-state index in [0.29, 0.717) is 0 Å². The molecule has 2 heteroatoms. The number of hydrogen-bond donors (Lipinski definition) is 0. The molecule has 0 radical (unpaired) electrons. The van der Waals surface area contributed by atoms with Gasteiger partial charge in [0.15, 0.2) is 0 Å². The largest absolute Gasteiger partial charge is 0.492 e. The molecular weight excluding hydrogens is 342 g/mol. The fourth-order valence-corrected chi connectivity index (χ4v) is 4.04. The Kier molecular flexibility index (Phi) is 7.97. The van der Waals surface area contributed by atoms with E-state index < -0.39 is 0 Å². The van der Waals surface area contributed by atoms with Crippen molar-refractivity contribution < 1.29 is 4.74 Å². The fraction of sp³-hybridized carbons (Fsp3) is 0.500. The van der Waals surface area contributed by atoms with Crippen LogP contribution in [0.4, 0.5) is 0 Å². The number of nitrogens with zero attached hydrogens (tertiary/aromatic N) is 1. The van der Waals surface area contributed by atoms with Crippen LogP contribution < -0.4 is 4.74 Å². The number of rotatable bonds is 7. The van der Waals surface area contributed by atoms with Crippen molar-refractivity contribution in [3.05, 3.63) is 59.4 Å². The Hall–Kier alpha value is -2.27. The first-order valence-electron chi connectivity index (χ1n) is 11.0. The number of ether oxygens (including phenoxy) is 1. The third kappa shape index (κ3) is 6.13. The van der Waals surface area contributed by atoms with Crippen molar-refractivity contribution in [3.8, 4) is 17.6 Å². The molecule has 1 aliphatic rings. The van der Waals surface area contributed by atoms with Gasteiger partial charge in [0.25, 0.3) is 0 Å². The highest BCUT2D eigenvalue weighted by Crippen LogP contribution is 2.37. The van der Waals surface area contributed by atoms with Gasteiger partial charge in [-0.1, -0.05) is 51.2 Å². The lowest BCUT2D eigenvalue weighted by atomic mass is 9.77. The predicted molar refractivity (Wildman–Crippen MR) is 117 cm³/mol. The van der Waals surface area contributed by atoms with Crippen molar-refractivity contribution in [2.45, 2.75) is 71.1 Å². The average Bonchev–Trinajstić information content (AvgIpc) is 2.75. The molecule has 2 nitrogen and oxygen atoms in total. The summed E-state index contributed by atoms with van der Waals surface area (Å²) in [6.07, 6.45) is 12.2. The summed E-state index contributed by atoms with van der Waals surface area (Å²) < 4.78 is 5.64. The monoisotopic (exact) mass is 375 g/mol. The molecule has 2 aromatic rings. The second-order valence-corrected chi connectivity index (χ2v) is 7.96. The molecule has 1 saturated carbocycles. The average molecular weight is 376 g/mol. The van der Waals surface area contributed by atoms with Gasteiger partial charge < -0.3 is 4.74 Å². The van der Waals surface area contributed by atoms with E-state index in [2.05, 4.69) is 54.9 Å². The molecule has 1 aliphatic carbocycles. The lowest BCUT2D eigenvalue weighted by Crippen LogP contribution is -2.13. The molecular formula is C26H33NO. The predicted octanol–water partition coefficient (Wildman–Crippen LogP) is 6.73. The molecule has 0 spiro atoms. The molecule has 28 heavy (non-hydrogen) atoms. The standard InChI is InChI=1S/C26H33NO/c1-3-5-19-28-26-18-17-25(27-20-26)16-11-22-9-14-24(15-10-22)23-12-7-21(6-4-2)8-13-23/h9-10,14-15,17-18,20-21,23H,3-8,12-13,19H2,1-2H3. The van der Waals surface area contributed by atoms with Crippen LogP contribution >= 0.6 is 0 Å². The Morgan fingerprint density at radius 1 is 0.929 bits per heavy atom. The number of aromatic nitrogens is 1. The van der Waals surface area contributed by atoms with Gasteiger partial charge in [-0.2, -0.15) is 0 Å². The molecule has 0 bridgehead atoms. The van der Waals surface area contributed by atoms with Crippen LogP contribution in [0.1, 0.15) is 88.0 Å². The Morgan fingerprint density at radius 2 is 1.71 bits per heavy atom.